The molecule has 7 heteroatoms. The largest absolute Gasteiger partial charge is 0.373 e. The molecule has 3 aliphatic heterocycles. The number of alkyl halides is 1. The number of epoxide rings is 1. The van der Waals surface area contributed by atoms with Gasteiger partial charge in [-0.1, -0.05) is 41.9 Å². The summed E-state index contributed by atoms with van der Waals surface area (Å²) in [7, 11) is 3.15. The molecule has 126 valence electrons. The van der Waals surface area contributed by atoms with Gasteiger partial charge in [-0.15, -0.1) is 0 Å². The van der Waals surface area contributed by atoms with Gasteiger partial charge in [-0.3, -0.25) is 0 Å². The minimum absolute atomic E-state index is 0.324. The van der Waals surface area contributed by atoms with Crippen LogP contribution in [0.5, 0.6) is 0 Å². The predicted octanol–water partition coefficient (Wildman–Crippen LogP) is 1.82. The second-order valence-electron chi connectivity index (χ2n) is 5.86. The van der Waals surface area contributed by atoms with Gasteiger partial charge in [-0.05, 0) is 0 Å². The molecule has 4 rings (SSSR count). The minimum Gasteiger partial charge on any atom is -0.373 e. The van der Waals surface area contributed by atoms with E-state index >= 15 is 0 Å². The van der Waals surface area contributed by atoms with Crippen molar-refractivity contribution in [3.63, 3.8) is 0 Å². The Hall–Kier alpha value is -0.730. The molecule has 1 unspecified atom stereocenters. The Balaban J connectivity index is 1.61. The quantitative estimate of drug-likeness (QED) is 0.617. The lowest BCUT2D eigenvalue weighted by molar-refractivity contribution is -0.354. The van der Waals surface area contributed by atoms with Crippen molar-refractivity contribution in [2.75, 3.05) is 20.8 Å². The molecule has 0 N–H and O–H groups in total. The summed E-state index contributed by atoms with van der Waals surface area (Å²) in [6, 6.07) is 9.75. The second-order valence-corrected chi connectivity index (χ2v) is 6.25. The van der Waals surface area contributed by atoms with Crippen LogP contribution in [0.4, 0.5) is 0 Å². The highest BCUT2D eigenvalue weighted by molar-refractivity contribution is 6.22. The standard InChI is InChI=1S/C16H19ClO6/c1-18-12-14(19-2)21-10-8-20-13(9-6-4-3-5-7-9)22-11(10)16(12)15(17)23-16/h3-7,10-15H,8H2,1-2H3/t10-,11-,12+,13?,14+,15+,16+/m1/s1. The van der Waals surface area contributed by atoms with Crippen LogP contribution in [0, 0.1) is 0 Å². The fourth-order valence-electron chi connectivity index (χ4n) is 3.45. The van der Waals surface area contributed by atoms with Gasteiger partial charge in [0, 0.05) is 19.8 Å². The number of hydrogen-bond acceptors (Lipinski definition) is 6. The fraction of sp³-hybridized carbons (Fsp3) is 0.625. The van der Waals surface area contributed by atoms with Gasteiger partial charge in [0.1, 0.15) is 18.3 Å². The molecular weight excluding hydrogens is 324 g/mol. The van der Waals surface area contributed by atoms with Crippen LogP contribution in [-0.2, 0) is 28.4 Å². The molecule has 0 aliphatic carbocycles. The highest BCUT2D eigenvalue weighted by atomic mass is 35.5. The molecule has 0 radical (unpaired) electrons. The maximum atomic E-state index is 6.30. The molecule has 3 heterocycles. The number of halogens is 1. The van der Waals surface area contributed by atoms with E-state index in [1.54, 1.807) is 14.2 Å². The van der Waals surface area contributed by atoms with Crippen molar-refractivity contribution in [2.24, 2.45) is 0 Å². The molecule has 3 saturated heterocycles. The van der Waals surface area contributed by atoms with Crippen LogP contribution >= 0.6 is 11.6 Å². The highest BCUT2D eigenvalue weighted by Crippen LogP contribution is 2.54. The zero-order valence-corrected chi connectivity index (χ0v) is 13.6. The Morgan fingerprint density at radius 3 is 2.48 bits per heavy atom. The summed E-state index contributed by atoms with van der Waals surface area (Å²) in [5.41, 5.74) is -0.344. The zero-order chi connectivity index (χ0) is 16.0. The summed E-state index contributed by atoms with van der Waals surface area (Å²) in [6.07, 6.45) is -2.24. The van der Waals surface area contributed by atoms with E-state index in [0.29, 0.717) is 6.61 Å². The Labute approximate surface area is 139 Å². The summed E-state index contributed by atoms with van der Waals surface area (Å²) in [4.78, 5) is 0. The van der Waals surface area contributed by atoms with Gasteiger partial charge in [0.05, 0.1) is 6.61 Å². The van der Waals surface area contributed by atoms with Crippen LogP contribution in [0.25, 0.3) is 0 Å². The normalized spacial score (nSPS) is 45.7. The molecule has 1 spiro atoms. The van der Waals surface area contributed by atoms with Crippen LogP contribution in [-0.4, -0.2) is 56.6 Å². The van der Waals surface area contributed by atoms with Gasteiger partial charge in [0.15, 0.2) is 23.7 Å². The first-order chi connectivity index (χ1) is 11.2. The van der Waals surface area contributed by atoms with Gasteiger partial charge in [-0.25, -0.2) is 0 Å². The number of methoxy groups -OCH3 is 2. The van der Waals surface area contributed by atoms with E-state index < -0.39 is 29.8 Å². The SMILES string of the molecule is CO[C@H]1O[C@@H]2COC(c3ccccc3)O[C@H]2[C@]2(O[C@@H]2Cl)[C@H]1OC. The van der Waals surface area contributed by atoms with Crippen LogP contribution in [0.15, 0.2) is 30.3 Å². The van der Waals surface area contributed by atoms with E-state index in [-0.39, 0.29) is 12.2 Å². The van der Waals surface area contributed by atoms with Crippen LogP contribution < -0.4 is 0 Å². The van der Waals surface area contributed by atoms with Crippen molar-refractivity contribution in [3.8, 4) is 0 Å². The van der Waals surface area contributed by atoms with E-state index in [0.717, 1.165) is 5.56 Å². The zero-order valence-electron chi connectivity index (χ0n) is 12.9. The first kappa shape index (κ1) is 15.8. The monoisotopic (exact) mass is 342 g/mol. The smallest absolute Gasteiger partial charge is 0.187 e. The molecule has 7 atom stereocenters. The topological polar surface area (TPSA) is 58.7 Å². The lowest BCUT2D eigenvalue weighted by Crippen LogP contribution is -2.65. The Kier molecular flexibility index (Phi) is 4.09. The first-order valence-electron chi connectivity index (χ1n) is 7.55. The molecule has 0 bridgehead atoms. The van der Waals surface area contributed by atoms with E-state index in [2.05, 4.69) is 0 Å². The predicted molar refractivity (Wildman–Crippen MR) is 79.9 cm³/mol. The molecule has 3 aliphatic rings. The van der Waals surface area contributed by atoms with Crippen LogP contribution in [0.2, 0.25) is 0 Å². The summed E-state index contributed by atoms with van der Waals surface area (Å²) < 4.78 is 34.6. The van der Waals surface area contributed by atoms with Gasteiger partial charge >= 0.3 is 0 Å². The number of ether oxygens (including phenoxy) is 6. The fourth-order valence-corrected chi connectivity index (χ4v) is 3.86. The highest BCUT2D eigenvalue weighted by Gasteiger charge is 2.74. The number of hydrogen-bond donors (Lipinski definition) is 0. The summed E-state index contributed by atoms with van der Waals surface area (Å²) in [5.74, 6) is 0. The van der Waals surface area contributed by atoms with Crippen molar-refractivity contribution in [1.82, 2.24) is 0 Å². The van der Waals surface area contributed by atoms with Gasteiger partial charge in [-0.2, -0.15) is 0 Å². The van der Waals surface area contributed by atoms with Crippen molar-refractivity contribution in [3.05, 3.63) is 35.9 Å². The minimum atomic E-state index is -0.781. The molecule has 0 amide bonds. The third-order valence-corrected chi connectivity index (χ3v) is 5.06. The van der Waals surface area contributed by atoms with E-state index in [4.69, 9.17) is 40.0 Å². The maximum absolute atomic E-state index is 6.30. The molecule has 23 heavy (non-hydrogen) atoms. The third-order valence-electron chi connectivity index (χ3n) is 4.63. The Morgan fingerprint density at radius 2 is 1.87 bits per heavy atom. The molecule has 0 saturated carbocycles. The maximum Gasteiger partial charge on any atom is 0.187 e. The lowest BCUT2D eigenvalue weighted by Gasteiger charge is -2.47. The van der Waals surface area contributed by atoms with Crippen molar-refractivity contribution in [2.45, 2.75) is 42.1 Å². The average molecular weight is 343 g/mol. The van der Waals surface area contributed by atoms with Gasteiger partial charge in [0.2, 0.25) is 0 Å². The average Bonchev–Trinajstić information content (AvgIpc) is 3.26. The Morgan fingerprint density at radius 1 is 1.13 bits per heavy atom. The first-order valence-corrected chi connectivity index (χ1v) is 7.99. The summed E-state index contributed by atoms with van der Waals surface area (Å²) in [6.45, 7) is 0.370. The summed E-state index contributed by atoms with van der Waals surface area (Å²) >= 11 is 6.30. The van der Waals surface area contributed by atoms with E-state index in [1.807, 2.05) is 30.3 Å². The molecule has 1 aromatic rings. The summed E-state index contributed by atoms with van der Waals surface area (Å²) in [5, 5.41) is 0. The number of fused-ring (bicyclic) bond motifs is 2. The Bertz CT molecular complexity index is 557. The number of benzene rings is 1. The van der Waals surface area contributed by atoms with Crippen LogP contribution in [0.3, 0.4) is 0 Å². The number of rotatable bonds is 3. The van der Waals surface area contributed by atoms with Crippen molar-refractivity contribution >= 4 is 11.6 Å². The van der Waals surface area contributed by atoms with E-state index in [9.17, 15) is 0 Å². The second kappa shape index (κ2) is 5.97. The van der Waals surface area contributed by atoms with E-state index in [1.165, 1.54) is 0 Å². The van der Waals surface area contributed by atoms with Crippen LogP contribution in [0.1, 0.15) is 11.9 Å². The van der Waals surface area contributed by atoms with Crippen molar-refractivity contribution in [1.29, 1.82) is 0 Å². The third kappa shape index (κ3) is 2.41. The molecule has 6 nitrogen and oxygen atoms in total. The molecule has 0 aromatic heterocycles. The lowest BCUT2D eigenvalue weighted by atomic mass is 9.88. The molecule has 3 fully saturated rings. The van der Waals surface area contributed by atoms with Crippen molar-refractivity contribution < 1.29 is 28.4 Å². The molecule has 1 aromatic carbocycles. The molecular formula is C16H19ClO6. The van der Waals surface area contributed by atoms with Gasteiger partial charge < -0.3 is 28.4 Å². The van der Waals surface area contributed by atoms with Gasteiger partial charge in [0.25, 0.3) is 0 Å².